The first kappa shape index (κ1) is 18.5. The zero-order valence-electron chi connectivity index (χ0n) is 15.2. The van der Waals surface area contributed by atoms with E-state index in [0.29, 0.717) is 43.3 Å². The number of nitriles is 1. The number of amides is 1. The normalized spacial score (nSPS) is 17.1. The molecule has 1 saturated heterocycles. The van der Waals surface area contributed by atoms with Gasteiger partial charge in [0.2, 0.25) is 0 Å². The molecule has 1 fully saturated rings. The number of likely N-dealkylation sites (tertiary alicyclic amines) is 1. The zero-order valence-corrected chi connectivity index (χ0v) is 16.0. The number of halogens is 1. The van der Waals surface area contributed by atoms with E-state index in [9.17, 15) is 10.1 Å². The molecular weight excluding hydrogens is 354 g/mol. The molecular formula is C18H22ClN5O2. The predicted octanol–water partition coefficient (Wildman–Crippen LogP) is 3.63. The Morgan fingerprint density at radius 1 is 1.38 bits per heavy atom. The van der Waals surface area contributed by atoms with E-state index in [1.165, 1.54) is 0 Å². The topological polar surface area (TPSA) is 84.0 Å². The summed E-state index contributed by atoms with van der Waals surface area (Å²) in [6, 6.07) is 6.13. The maximum Gasteiger partial charge on any atom is 0.410 e. The van der Waals surface area contributed by atoms with E-state index in [1.807, 2.05) is 37.6 Å². The zero-order chi connectivity index (χ0) is 18.9. The van der Waals surface area contributed by atoms with Crippen molar-refractivity contribution in [2.24, 2.45) is 5.41 Å². The summed E-state index contributed by atoms with van der Waals surface area (Å²) in [4.78, 5) is 13.9. The Labute approximate surface area is 157 Å². The quantitative estimate of drug-likeness (QED) is 0.800. The molecule has 1 amide bonds. The van der Waals surface area contributed by atoms with Crippen molar-refractivity contribution in [2.45, 2.75) is 45.8 Å². The summed E-state index contributed by atoms with van der Waals surface area (Å²) in [7, 11) is 0. The molecule has 2 aromatic rings. The van der Waals surface area contributed by atoms with E-state index < -0.39 is 11.0 Å². The highest BCUT2D eigenvalue weighted by atomic mass is 35.5. The molecule has 8 heteroatoms. The lowest BCUT2D eigenvalue weighted by Crippen LogP contribution is -2.46. The summed E-state index contributed by atoms with van der Waals surface area (Å²) in [5, 5.41) is 19.1. The van der Waals surface area contributed by atoms with Crippen molar-refractivity contribution < 1.29 is 9.53 Å². The van der Waals surface area contributed by atoms with Gasteiger partial charge >= 0.3 is 6.09 Å². The van der Waals surface area contributed by atoms with E-state index in [-0.39, 0.29) is 6.09 Å². The minimum atomic E-state index is -0.550. The van der Waals surface area contributed by atoms with Crippen LogP contribution in [-0.4, -0.2) is 44.4 Å². The molecule has 0 aliphatic carbocycles. The summed E-state index contributed by atoms with van der Waals surface area (Å²) in [6.07, 6.45) is 2.75. The van der Waals surface area contributed by atoms with Crippen molar-refractivity contribution in [2.75, 3.05) is 13.1 Å². The second-order valence-corrected chi connectivity index (χ2v) is 8.14. The van der Waals surface area contributed by atoms with Crippen molar-refractivity contribution in [1.29, 1.82) is 5.26 Å². The van der Waals surface area contributed by atoms with Crippen molar-refractivity contribution >= 4 is 28.7 Å². The first-order valence-corrected chi connectivity index (χ1v) is 8.96. The Bertz CT molecular complexity index is 857. The molecule has 1 aliphatic rings. The van der Waals surface area contributed by atoms with E-state index >= 15 is 0 Å². The number of aromatic nitrogens is 3. The van der Waals surface area contributed by atoms with Gasteiger partial charge < -0.3 is 14.2 Å². The van der Waals surface area contributed by atoms with Gasteiger partial charge in [-0.05, 0) is 45.7 Å². The standard InChI is InChI=1S/C18H22ClN5O2/c1-17(2,3)26-16(25)23-8-5-18(11-20,6-9-23)12-24-7-4-13-10-14(19)21-22-15(13)24/h4,7,10H,5-6,8-9,12H2,1-3H3. The Hall–Kier alpha value is -2.33. The van der Waals surface area contributed by atoms with Crippen LogP contribution in [0.5, 0.6) is 0 Å². The van der Waals surface area contributed by atoms with Crippen LogP contribution in [0.25, 0.3) is 11.0 Å². The van der Waals surface area contributed by atoms with Crippen LogP contribution in [0.15, 0.2) is 18.3 Å². The van der Waals surface area contributed by atoms with Crippen molar-refractivity contribution in [3.05, 3.63) is 23.5 Å². The molecule has 0 aromatic carbocycles. The fourth-order valence-corrected chi connectivity index (χ4v) is 3.32. The minimum absolute atomic E-state index is 0.323. The molecule has 0 N–H and O–H groups in total. The van der Waals surface area contributed by atoms with Crippen molar-refractivity contribution in [1.82, 2.24) is 19.7 Å². The SMILES string of the molecule is CC(C)(C)OC(=O)N1CCC(C#N)(Cn2ccc3cc(Cl)nnc32)CC1. The van der Waals surface area contributed by atoms with Gasteiger partial charge in [0.05, 0.1) is 11.5 Å². The number of carbonyl (C=O) groups is 1. The first-order valence-electron chi connectivity index (χ1n) is 8.59. The molecule has 0 unspecified atom stereocenters. The fourth-order valence-electron chi connectivity index (χ4n) is 3.16. The molecule has 138 valence electrons. The highest BCUT2D eigenvalue weighted by Gasteiger charge is 2.38. The monoisotopic (exact) mass is 375 g/mol. The minimum Gasteiger partial charge on any atom is -0.444 e. The molecule has 3 rings (SSSR count). The molecule has 3 heterocycles. The lowest BCUT2D eigenvalue weighted by atomic mass is 9.79. The summed E-state index contributed by atoms with van der Waals surface area (Å²) in [5.74, 6) is 0. The maximum absolute atomic E-state index is 12.2. The maximum atomic E-state index is 12.2. The first-order chi connectivity index (χ1) is 12.2. The van der Waals surface area contributed by atoms with Gasteiger partial charge in [0.15, 0.2) is 10.8 Å². The molecule has 0 bridgehead atoms. The van der Waals surface area contributed by atoms with Gasteiger partial charge in [-0.25, -0.2) is 4.79 Å². The third-order valence-corrected chi connectivity index (χ3v) is 4.75. The highest BCUT2D eigenvalue weighted by Crippen LogP contribution is 2.34. The number of rotatable bonds is 2. The largest absolute Gasteiger partial charge is 0.444 e. The number of ether oxygens (including phenoxy) is 1. The Balaban J connectivity index is 1.71. The van der Waals surface area contributed by atoms with Crippen LogP contribution >= 0.6 is 11.6 Å². The van der Waals surface area contributed by atoms with Gasteiger partial charge in [-0.1, -0.05) is 11.6 Å². The van der Waals surface area contributed by atoms with Gasteiger partial charge in [0.25, 0.3) is 0 Å². The predicted molar refractivity (Wildman–Crippen MR) is 97.6 cm³/mol. The van der Waals surface area contributed by atoms with Crippen LogP contribution in [0.3, 0.4) is 0 Å². The van der Waals surface area contributed by atoms with Crippen LogP contribution in [0.4, 0.5) is 4.79 Å². The smallest absolute Gasteiger partial charge is 0.410 e. The number of carbonyl (C=O) groups excluding carboxylic acids is 1. The van der Waals surface area contributed by atoms with Crippen LogP contribution < -0.4 is 0 Å². The van der Waals surface area contributed by atoms with Crippen LogP contribution in [-0.2, 0) is 11.3 Å². The van der Waals surface area contributed by atoms with Crippen molar-refractivity contribution in [3.63, 3.8) is 0 Å². The number of piperidine rings is 1. The highest BCUT2D eigenvalue weighted by molar-refractivity contribution is 6.29. The molecule has 1 aliphatic heterocycles. The van der Waals surface area contributed by atoms with Gasteiger partial charge in [-0.2, -0.15) is 5.26 Å². The third-order valence-electron chi connectivity index (χ3n) is 4.56. The molecule has 0 radical (unpaired) electrons. The van der Waals surface area contributed by atoms with Crippen LogP contribution in [0, 0.1) is 16.7 Å². The molecule has 0 atom stereocenters. The van der Waals surface area contributed by atoms with E-state index in [0.717, 1.165) is 5.39 Å². The second kappa shape index (κ2) is 6.76. The number of nitrogens with zero attached hydrogens (tertiary/aromatic N) is 5. The summed E-state index contributed by atoms with van der Waals surface area (Å²) >= 11 is 5.88. The van der Waals surface area contributed by atoms with Gasteiger partial charge in [-0.15, -0.1) is 10.2 Å². The third kappa shape index (κ3) is 3.91. The fraction of sp³-hybridized carbons (Fsp3) is 0.556. The molecule has 0 spiro atoms. The van der Waals surface area contributed by atoms with E-state index in [4.69, 9.17) is 16.3 Å². The number of hydrogen-bond acceptors (Lipinski definition) is 5. The number of hydrogen-bond donors (Lipinski definition) is 0. The van der Waals surface area contributed by atoms with Gasteiger partial charge in [0.1, 0.15) is 5.60 Å². The van der Waals surface area contributed by atoms with Crippen molar-refractivity contribution in [3.8, 4) is 6.07 Å². The van der Waals surface area contributed by atoms with Gasteiger partial charge in [-0.3, -0.25) is 0 Å². The lowest BCUT2D eigenvalue weighted by Gasteiger charge is -2.38. The van der Waals surface area contributed by atoms with E-state index in [2.05, 4.69) is 16.3 Å². The molecule has 2 aromatic heterocycles. The van der Waals surface area contributed by atoms with Crippen LogP contribution in [0.1, 0.15) is 33.6 Å². The summed E-state index contributed by atoms with van der Waals surface area (Å²) in [5.41, 5.74) is -0.366. The number of fused-ring (bicyclic) bond motifs is 1. The van der Waals surface area contributed by atoms with Gasteiger partial charge in [0, 0.05) is 31.2 Å². The summed E-state index contributed by atoms with van der Waals surface area (Å²) < 4.78 is 7.36. The summed E-state index contributed by atoms with van der Waals surface area (Å²) in [6.45, 7) is 7.04. The average Bonchev–Trinajstić information content (AvgIpc) is 2.95. The Kier molecular flexibility index (Phi) is 4.80. The molecule has 7 nitrogen and oxygen atoms in total. The Morgan fingerprint density at radius 2 is 2.08 bits per heavy atom. The molecule has 0 saturated carbocycles. The lowest BCUT2D eigenvalue weighted by molar-refractivity contribution is 0.0137. The van der Waals surface area contributed by atoms with E-state index in [1.54, 1.807) is 11.0 Å². The molecule has 26 heavy (non-hydrogen) atoms. The van der Waals surface area contributed by atoms with Crippen LogP contribution in [0.2, 0.25) is 5.15 Å². The second-order valence-electron chi connectivity index (χ2n) is 7.75. The average molecular weight is 376 g/mol. The Morgan fingerprint density at radius 3 is 2.69 bits per heavy atom.